The SMILES string of the molecule is CCOC(=O)N1CCN(C(=O)c2ccc(NC3CCS(=O)(=O)C3)cn2)CC1. The fourth-order valence-corrected chi connectivity index (χ4v) is 4.89. The predicted molar refractivity (Wildman–Crippen MR) is 99.4 cm³/mol. The van der Waals surface area contributed by atoms with Crippen LogP contribution in [0.1, 0.15) is 23.8 Å². The van der Waals surface area contributed by atoms with Crippen molar-refractivity contribution in [2.45, 2.75) is 19.4 Å². The normalized spacial score (nSPS) is 21.7. The third-order valence-corrected chi connectivity index (χ3v) is 6.45. The summed E-state index contributed by atoms with van der Waals surface area (Å²) in [6.45, 7) is 3.81. The van der Waals surface area contributed by atoms with Crippen LogP contribution < -0.4 is 5.32 Å². The van der Waals surface area contributed by atoms with E-state index in [-0.39, 0.29) is 29.5 Å². The first kappa shape index (κ1) is 19.4. The average molecular weight is 396 g/mol. The molecule has 1 unspecified atom stereocenters. The van der Waals surface area contributed by atoms with Crippen molar-refractivity contribution < 1.29 is 22.7 Å². The number of hydrogen-bond donors (Lipinski definition) is 1. The molecule has 3 heterocycles. The topological polar surface area (TPSA) is 109 Å². The lowest BCUT2D eigenvalue weighted by Crippen LogP contribution is -2.50. The van der Waals surface area contributed by atoms with Gasteiger partial charge in [0.2, 0.25) is 0 Å². The van der Waals surface area contributed by atoms with E-state index in [2.05, 4.69) is 10.3 Å². The number of sulfone groups is 1. The number of amides is 2. The largest absolute Gasteiger partial charge is 0.450 e. The third-order valence-electron chi connectivity index (χ3n) is 4.68. The number of piperazine rings is 1. The molecule has 1 N–H and O–H groups in total. The van der Waals surface area contributed by atoms with Crippen LogP contribution in [0.4, 0.5) is 10.5 Å². The molecule has 2 saturated heterocycles. The summed E-state index contributed by atoms with van der Waals surface area (Å²) in [4.78, 5) is 31.7. The minimum absolute atomic E-state index is 0.116. The average Bonchev–Trinajstić information content (AvgIpc) is 3.00. The van der Waals surface area contributed by atoms with Gasteiger partial charge in [-0.15, -0.1) is 0 Å². The molecule has 1 aromatic rings. The number of nitrogens with zero attached hydrogens (tertiary/aromatic N) is 3. The Morgan fingerprint density at radius 2 is 1.93 bits per heavy atom. The zero-order valence-corrected chi connectivity index (χ0v) is 16.1. The van der Waals surface area contributed by atoms with Gasteiger partial charge < -0.3 is 19.9 Å². The van der Waals surface area contributed by atoms with Crippen LogP contribution in [-0.4, -0.2) is 85.5 Å². The first-order chi connectivity index (χ1) is 12.9. The van der Waals surface area contributed by atoms with Crippen LogP contribution in [0, 0.1) is 0 Å². The smallest absolute Gasteiger partial charge is 0.409 e. The highest BCUT2D eigenvalue weighted by atomic mass is 32.2. The highest BCUT2D eigenvalue weighted by Gasteiger charge is 2.28. The van der Waals surface area contributed by atoms with Crippen LogP contribution in [0.15, 0.2) is 18.3 Å². The Morgan fingerprint density at radius 1 is 1.22 bits per heavy atom. The predicted octanol–water partition coefficient (Wildman–Crippen LogP) is 0.595. The lowest BCUT2D eigenvalue weighted by atomic mass is 10.2. The molecule has 0 saturated carbocycles. The summed E-state index contributed by atoms with van der Waals surface area (Å²) >= 11 is 0. The van der Waals surface area contributed by atoms with Crippen molar-refractivity contribution in [3.63, 3.8) is 0 Å². The highest BCUT2D eigenvalue weighted by molar-refractivity contribution is 7.91. The second-order valence-electron chi connectivity index (χ2n) is 6.65. The molecule has 0 aromatic carbocycles. The maximum Gasteiger partial charge on any atom is 0.409 e. The molecule has 9 nitrogen and oxygen atoms in total. The summed E-state index contributed by atoms with van der Waals surface area (Å²) in [5.74, 6) is 0.138. The molecule has 2 fully saturated rings. The van der Waals surface area contributed by atoms with E-state index in [1.165, 1.54) is 0 Å². The summed E-state index contributed by atoms with van der Waals surface area (Å²) in [6, 6.07) is 3.25. The molecule has 2 aliphatic heterocycles. The van der Waals surface area contributed by atoms with Gasteiger partial charge in [0.1, 0.15) is 5.69 Å². The Morgan fingerprint density at radius 3 is 2.48 bits per heavy atom. The van der Waals surface area contributed by atoms with E-state index in [0.29, 0.717) is 50.6 Å². The van der Waals surface area contributed by atoms with Gasteiger partial charge in [-0.25, -0.2) is 18.2 Å². The Labute approximate surface area is 158 Å². The first-order valence-electron chi connectivity index (χ1n) is 9.02. The number of aromatic nitrogens is 1. The number of hydrogen-bond acceptors (Lipinski definition) is 7. The van der Waals surface area contributed by atoms with Gasteiger partial charge in [0, 0.05) is 32.2 Å². The fourth-order valence-electron chi connectivity index (χ4n) is 3.22. The maximum absolute atomic E-state index is 12.6. The summed E-state index contributed by atoms with van der Waals surface area (Å²) < 4.78 is 28.0. The first-order valence-corrected chi connectivity index (χ1v) is 10.8. The molecular formula is C17H24N4O5S. The number of pyridine rings is 1. The van der Waals surface area contributed by atoms with Gasteiger partial charge in [-0.2, -0.15) is 0 Å². The van der Waals surface area contributed by atoms with E-state index in [1.54, 1.807) is 35.1 Å². The Hall–Kier alpha value is -2.36. The molecule has 148 valence electrons. The highest BCUT2D eigenvalue weighted by Crippen LogP contribution is 2.17. The maximum atomic E-state index is 12.6. The van der Waals surface area contributed by atoms with Crippen molar-refractivity contribution in [3.8, 4) is 0 Å². The van der Waals surface area contributed by atoms with Crippen molar-refractivity contribution in [3.05, 3.63) is 24.0 Å². The van der Waals surface area contributed by atoms with Crippen LogP contribution in [0.25, 0.3) is 0 Å². The standard InChI is InChI=1S/C17H24N4O5S/c1-2-26-17(23)21-8-6-20(7-9-21)16(22)15-4-3-13(11-18-15)19-14-5-10-27(24,25)12-14/h3-4,11,14,19H,2,5-10,12H2,1H3. The van der Waals surface area contributed by atoms with E-state index in [0.717, 1.165) is 0 Å². The molecule has 0 bridgehead atoms. The quantitative estimate of drug-likeness (QED) is 0.793. The van der Waals surface area contributed by atoms with E-state index in [9.17, 15) is 18.0 Å². The molecular weight excluding hydrogens is 372 g/mol. The third kappa shape index (κ3) is 4.88. The van der Waals surface area contributed by atoms with E-state index < -0.39 is 9.84 Å². The lowest BCUT2D eigenvalue weighted by molar-refractivity contribution is 0.0566. The van der Waals surface area contributed by atoms with Crippen molar-refractivity contribution in [2.75, 3.05) is 49.6 Å². The van der Waals surface area contributed by atoms with Crippen LogP contribution >= 0.6 is 0 Å². The number of ether oxygens (including phenoxy) is 1. The van der Waals surface area contributed by atoms with Gasteiger partial charge in [-0.3, -0.25) is 4.79 Å². The van der Waals surface area contributed by atoms with Crippen LogP contribution in [-0.2, 0) is 14.6 Å². The molecule has 1 aromatic heterocycles. The van der Waals surface area contributed by atoms with Gasteiger partial charge >= 0.3 is 6.09 Å². The van der Waals surface area contributed by atoms with Gasteiger partial charge in [-0.1, -0.05) is 0 Å². The van der Waals surface area contributed by atoms with Crippen molar-refractivity contribution in [1.29, 1.82) is 0 Å². The number of nitrogens with one attached hydrogen (secondary N) is 1. The molecule has 2 amide bonds. The zero-order valence-electron chi connectivity index (χ0n) is 15.3. The molecule has 0 aliphatic carbocycles. The minimum Gasteiger partial charge on any atom is -0.450 e. The van der Waals surface area contributed by atoms with E-state index in [1.807, 2.05) is 0 Å². The summed E-state index contributed by atoms with van der Waals surface area (Å²) in [5, 5.41) is 3.15. The van der Waals surface area contributed by atoms with Crippen LogP contribution in [0.2, 0.25) is 0 Å². The van der Waals surface area contributed by atoms with Gasteiger partial charge in [0.05, 0.1) is 30.0 Å². The van der Waals surface area contributed by atoms with E-state index >= 15 is 0 Å². The van der Waals surface area contributed by atoms with Crippen molar-refractivity contribution in [2.24, 2.45) is 0 Å². The van der Waals surface area contributed by atoms with Crippen molar-refractivity contribution >= 4 is 27.5 Å². The Bertz CT molecular complexity index is 788. The van der Waals surface area contributed by atoms with Crippen LogP contribution in [0.5, 0.6) is 0 Å². The fraction of sp³-hybridized carbons (Fsp3) is 0.588. The Balaban J connectivity index is 1.53. The van der Waals surface area contributed by atoms with Gasteiger partial charge in [-0.05, 0) is 25.5 Å². The Kier molecular flexibility index (Phi) is 5.83. The second kappa shape index (κ2) is 8.12. The lowest BCUT2D eigenvalue weighted by Gasteiger charge is -2.33. The van der Waals surface area contributed by atoms with Gasteiger partial charge in [0.25, 0.3) is 5.91 Å². The second-order valence-corrected chi connectivity index (χ2v) is 8.88. The molecule has 2 aliphatic rings. The molecule has 27 heavy (non-hydrogen) atoms. The molecule has 1 atom stereocenters. The minimum atomic E-state index is -2.95. The van der Waals surface area contributed by atoms with Crippen LogP contribution in [0.3, 0.4) is 0 Å². The molecule has 10 heteroatoms. The van der Waals surface area contributed by atoms with Gasteiger partial charge in [0.15, 0.2) is 9.84 Å². The monoisotopic (exact) mass is 396 g/mol. The number of anilines is 1. The zero-order chi connectivity index (χ0) is 19.4. The number of rotatable bonds is 4. The molecule has 0 radical (unpaired) electrons. The van der Waals surface area contributed by atoms with Crippen molar-refractivity contribution in [1.82, 2.24) is 14.8 Å². The van der Waals surface area contributed by atoms with E-state index in [4.69, 9.17) is 4.74 Å². The molecule has 0 spiro atoms. The molecule has 3 rings (SSSR count). The summed E-state index contributed by atoms with van der Waals surface area (Å²) in [7, 11) is -2.95. The summed E-state index contributed by atoms with van der Waals surface area (Å²) in [6.07, 6.45) is 1.77. The number of carbonyl (C=O) groups excluding carboxylic acids is 2. The number of carbonyl (C=O) groups is 2. The summed E-state index contributed by atoms with van der Waals surface area (Å²) in [5.41, 5.74) is 1.02.